The van der Waals surface area contributed by atoms with E-state index in [4.69, 9.17) is 10.1 Å². The van der Waals surface area contributed by atoms with E-state index in [2.05, 4.69) is 4.98 Å². The summed E-state index contributed by atoms with van der Waals surface area (Å²) in [6, 6.07) is 12.8. The van der Waals surface area contributed by atoms with Gasteiger partial charge in [-0.2, -0.15) is 0 Å². The Morgan fingerprint density at radius 2 is 1.87 bits per heavy atom. The van der Waals surface area contributed by atoms with Crippen LogP contribution in [0.3, 0.4) is 0 Å². The number of pyridine rings is 1. The van der Waals surface area contributed by atoms with Crippen molar-refractivity contribution in [2.75, 3.05) is 0 Å². The van der Waals surface area contributed by atoms with Crippen LogP contribution in [0.15, 0.2) is 48.7 Å². The lowest BCUT2D eigenvalue weighted by Crippen LogP contribution is -1.91. The fraction of sp³-hybridized carbons (Fsp3) is 0. The first-order valence-corrected chi connectivity index (χ1v) is 4.58. The molecular formula is C12H10N2O. The second-order valence-corrected chi connectivity index (χ2v) is 2.95. The second-order valence-electron chi connectivity index (χ2n) is 2.95. The van der Waals surface area contributed by atoms with Crippen molar-refractivity contribution in [2.24, 2.45) is 0 Å². The topological polar surface area (TPSA) is 46.0 Å². The molecule has 0 amide bonds. The van der Waals surface area contributed by atoms with E-state index in [0.29, 0.717) is 11.6 Å². The summed E-state index contributed by atoms with van der Waals surface area (Å²) >= 11 is 0. The lowest BCUT2D eigenvalue weighted by Gasteiger charge is -2.06. The zero-order valence-corrected chi connectivity index (χ0v) is 8.05. The van der Waals surface area contributed by atoms with Crippen molar-refractivity contribution in [1.82, 2.24) is 4.98 Å². The largest absolute Gasteiger partial charge is 0.438 e. The minimum Gasteiger partial charge on any atom is -0.438 e. The van der Waals surface area contributed by atoms with Crippen LogP contribution in [0.25, 0.3) is 0 Å². The standard InChI is InChI=1S/C12H10N2O/c13-9-10-5-1-2-6-11(10)15-12-7-3-4-8-14-12/h1-9,13H. The molecule has 0 spiro atoms. The molecule has 0 fully saturated rings. The van der Waals surface area contributed by atoms with Crippen molar-refractivity contribution >= 4 is 6.21 Å². The van der Waals surface area contributed by atoms with Gasteiger partial charge in [0.25, 0.3) is 0 Å². The number of benzene rings is 1. The zero-order chi connectivity index (χ0) is 10.5. The smallest absolute Gasteiger partial charge is 0.219 e. The van der Waals surface area contributed by atoms with Gasteiger partial charge in [-0.3, -0.25) is 0 Å². The van der Waals surface area contributed by atoms with Gasteiger partial charge in [-0.1, -0.05) is 18.2 Å². The summed E-state index contributed by atoms with van der Waals surface area (Å²) in [4.78, 5) is 4.05. The van der Waals surface area contributed by atoms with Crippen LogP contribution in [0.1, 0.15) is 5.56 Å². The number of ether oxygens (including phenoxy) is 1. The van der Waals surface area contributed by atoms with Crippen LogP contribution in [0.2, 0.25) is 0 Å². The molecule has 0 radical (unpaired) electrons. The Morgan fingerprint density at radius 1 is 1.07 bits per heavy atom. The van der Waals surface area contributed by atoms with Crippen molar-refractivity contribution in [3.63, 3.8) is 0 Å². The van der Waals surface area contributed by atoms with Crippen molar-refractivity contribution in [3.05, 3.63) is 54.2 Å². The first-order valence-electron chi connectivity index (χ1n) is 4.58. The van der Waals surface area contributed by atoms with E-state index in [1.807, 2.05) is 36.4 Å². The normalized spacial score (nSPS) is 9.60. The number of aromatic nitrogens is 1. The van der Waals surface area contributed by atoms with Crippen molar-refractivity contribution in [1.29, 1.82) is 5.41 Å². The predicted molar refractivity (Wildman–Crippen MR) is 58.6 cm³/mol. The summed E-state index contributed by atoms with van der Waals surface area (Å²) < 4.78 is 5.54. The van der Waals surface area contributed by atoms with Crippen LogP contribution < -0.4 is 4.74 Å². The molecule has 0 aliphatic carbocycles. The third kappa shape index (κ3) is 2.20. The maximum atomic E-state index is 7.22. The molecule has 15 heavy (non-hydrogen) atoms. The molecule has 0 atom stereocenters. The van der Waals surface area contributed by atoms with E-state index in [-0.39, 0.29) is 0 Å². The van der Waals surface area contributed by atoms with Gasteiger partial charge < -0.3 is 10.1 Å². The first-order chi connectivity index (χ1) is 7.40. The van der Waals surface area contributed by atoms with E-state index in [1.54, 1.807) is 12.3 Å². The molecule has 1 N–H and O–H groups in total. The Kier molecular flexibility index (Phi) is 2.74. The highest BCUT2D eigenvalue weighted by Crippen LogP contribution is 2.21. The third-order valence-electron chi connectivity index (χ3n) is 1.93. The van der Waals surface area contributed by atoms with Gasteiger partial charge in [0.05, 0.1) is 0 Å². The van der Waals surface area contributed by atoms with Crippen LogP contribution in [-0.4, -0.2) is 11.2 Å². The van der Waals surface area contributed by atoms with Crippen LogP contribution >= 0.6 is 0 Å². The molecule has 2 rings (SSSR count). The second kappa shape index (κ2) is 4.37. The fourth-order valence-corrected chi connectivity index (χ4v) is 1.21. The maximum absolute atomic E-state index is 7.22. The van der Waals surface area contributed by atoms with Crippen LogP contribution in [0, 0.1) is 5.41 Å². The summed E-state index contributed by atoms with van der Waals surface area (Å²) in [5.41, 5.74) is 0.739. The molecule has 0 unspecified atom stereocenters. The van der Waals surface area contributed by atoms with Crippen molar-refractivity contribution in [2.45, 2.75) is 0 Å². The lowest BCUT2D eigenvalue weighted by molar-refractivity contribution is 0.462. The van der Waals surface area contributed by atoms with Gasteiger partial charge >= 0.3 is 0 Å². The molecule has 0 saturated carbocycles. The Bertz CT molecular complexity index is 454. The molecule has 0 aliphatic rings. The Balaban J connectivity index is 2.28. The molecule has 0 aliphatic heterocycles. The Hall–Kier alpha value is -2.16. The van der Waals surface area contributed by atoms with Gasteiger partial charge in [-0.05, 0) is 18.2 Å². The SMILES string of the molecule is N=Cc1ccccc1Oc1ccccn1. The zero-order valence-electron chi connectivity index (χ0n) is 8.05. The highest BCUT2D eigenvalue weighted by molar-refractivity contribution is 5.81. The Labute approximate surface area is 87.9 Å². The van der Waals surface area contributed by atoms with Gasteiger partial charge in [-0.15, -0.1) is 0 Å². The van der Waals surface area contributed by atoms with Gasteiger partial charge in [0.15, 0.2) is 0 Å². The minimum absolute atomic E-state index is 0.534. The molecule has 1 heterocycles. The van der Waals surface area contributed by atoms with Gasteiger partial charge in [0.2, 0.25) is 5.88 Å². The molecule has 2 aromatic rings. The first kappa shape index (κ1) is 9.40. The number of rotatable bonds is 3. The van der Waals surface area contributed by atoms with Crippen LogP contribution in [0.5, 0.6) is 11.6 Å². The Morgan fingerprint density at radius 3 is 2.60 bits per heavy atom. The monoisotopic (exact) mass is 198 g/mol. The van der Waals surface area contributed by atoms with Gasteiger partial charge in [0, 0.05) is 24.0 Å². The summed E-state index contributed by atoms with van der Waals surface area (Å²) in [5.74, 6) is 1.18. The molecule has 0 saturated heterocycles. The molecular weight excluding hydrogens is 188 g/mol. The van der Waals surface area contributed by atoms with Gasteiger partial charge in [-0.25, -0.2) is 4.98 Å². The maximum Gasteiger partial charge on any atom is 0.219 e. The summed E-state index contributed by atoms with van der Waals surface area (Å²) in [6.07, 6.45) is 2.93. The minimum atomic E-state index is 0.534. The van der Waals surface area contributed by atoms with E-state index in [9.17, 15) is 0 Å². The fourth-order valence-electron chi connectivity index (χ4n) is 1.21. The molecule has 0 bridgehead atoms. The predicted octanol–water partition coefficient (Wildman–Crippen LogP) is 2.87. The van der Waals surface area contributed by atoms with Crippen molar-refractivity contribution in [3.8, 4) is 11.6 Å². The van der Waals surface area contributed by atoms with Crippen molar-refractivity contribution < 1.29 is 4.74 Å². The van der Waals surface area contributed by atoms with Crippen LogP contribution in [0.4, 0.5) is 0 Å². The average molecular weight is 198 g/mol. The molecule has 1 aromatic heterocycles. The molecule has 74 valence electrons. The molecule has 3 nitrogen and oxygen atoms in total. The van der Waals surface area contributed by atoms with Crippen LogP contribution in [-0.2, 0) is 0 Å². The van der Waals surface area contributed by atoms with Gasteiger partial charge in [0.1, 0.15) is 5.75 Å². The number of para-hydroxylation sites is 1. The molecule has 1 aromatic carbocycles. The summed E-state index contributed by atoms with van der Waals surface area (Å²) in [7, 11) is 0. The number of nitrogens with zero attached hydrogens (tertiary/aromatic N) is 1. The summed E-state index contributed by atoms with van der Waals surface area (Å²) in [6.45, 7) is 0. The third-order valence-corrected chi connectivity index (χ3v) is 1.93. The molecule has 3 heteroatoms. The summed E-state index contributed by atoms with van der Waals surface area (Å²) in [5, 5.41) is 7.22. The number of nitrogens with one attached hydrogen (secondary N) is 1. The highest BCUT2D eigenvalue weighted by atomic mass is 16.5. The number of hydrogen-bond donors (Lipinski definition) is 1. The highest BCUT2D eigenvalue weighted by Gasteiger charge is 2.01. The number of hydrogen-bond acceptors (Lipinski definition) is 3. The lowest BCUT2D eigenvalue weighted by atomic mass is 10.2. The van der Waals surface area contributed by atoms with E-state index < -0.39 is 0 Å². The van der Waals surface area contributed by atoms with E-state index in [0.717, 1.165) is 5.56 Å². The average Bonchev–Trinajstić information content (AvgIpc) is 2.31. The van der Waals surface area contributed by atoms with E-state index in [1.165, 1.54) is 6.21 Å². The van der Waals surface area contributed by atoms with E-state index >= 15 is 0 Å². The quantitative estimate of drug-likeness (QED) is 0.771.